The van der Waals surface area contributed by atoms with E-state index >= 15 is 0 Å². The predicted molar refractivity (Wildman–Crippen MR) is 82.3 cm³/mol. The van der Waals surface area contributed by atoms with Gasteiger partial charge in [-0.3, -0.25) is 4.98 Å². The molecule has 4 rings (SSSR count). The molecule has 0 fully saturated rings. The molecular weight excluding hydrogens is 306 g/mol. The second-order valence-electron chi connectivity index (χ2n) is 4.37. The number of benzene rings is 1. The van der Waals surface area contributed by atoms with E-state index in [9.17, 15) is 0 Å². The van der Waals surface area contributed by atoms with Crippen molar-refractivity contribution in [3.05, 3.63) is 53.8 Å². The summed E-state index contributed by atoms with van der Waals surface area (Å²) >= 11 is 7.39. The maximum absolute atomic E-state index is 5.91. The Kier molecular flexibility index (Phi) is 2.90. The number of aromatic nitrogens is 5. The predicted octanol–water partition coefficient (Wildman–Crippen LogP) is 3.57. The Morgan fingerprint density at radius 3 is 2.62 bits per heavy atom. The van der Waals surface area contributed by atoms with Crippen LogP contribution in [0.3, 0.4) is 0 Å². The van der Waals surface area contributed by atoms with Crippen molar-refractivity contribution in [1.29, 1.82) is 0 Å². The number of hydrogen-bond donors (Lipinski definition) is 0. The van der Waals surface area contributed by atoms with E-state index in [1.807, 2.05) is 36.4 Å². The molecule has 0 aliphatic heterocycles. The van der Waals surface area contributed by atoms with E-state index in [4.69, 9.17) is 11.6 Å². The Morgan fingerprint density at radius 2 is 1.86 bits per heavy atom. The normalized spacial score (nSPS) is 11.1. The molecule has 0 spiro atoms. The summed E-state index contributed by atoms with van der Waals surface area (Å²) in [7, 11) is 0. The van der Waals surface area contributed by atoms with Crippen LogP contribution in [0.2, 0.25) is 5.02 Å². The monoisotopic (exact) mass is 313 g/mol. The van der Waals surface area contributed by atoms with Crippen molar-refractivity contribution in [1.82, 2.24) is 24.8 Å². The zero-order chi connectivity index (χ0) is 14.2. The highest BCUT2D eigenvalue weighted by Gasteiger charge is 2.14. The van der Waals surface area contributed by atoms with Gasteiger partial charge in [-0.15, -0.1) is 10.2 Å². The van der Waals surface area contributed by atoms with Crippen molar-refractivity contribution < 1.29 is 0 Å². The first-order valence-corrected chi connectivity index (χ1v) is 7.39. The Labute approximate surface area is 128 Å². The molecular formula is C14H8ClN5S. The van der Waals surface area contributed by atoms with E-state index < -0.39 is 0 Å². The van der Waals surface area contributed by atoms with Crippen LogP contribution < -0.4 is 0 Å². The molecule has 102 valence electrons. The molecule has 3 aromatic heterocycles. The minimum atomic E-state index is 0.689. The Hall–Kier alpha value is -2.31. The van der Waals surface area contributed by atoms with Gasteiger partial charge >= 0.3 is 0 Å². The smallest absolute Gasteiger partial charge is 0.235 e. The molecule has 0 aliphatic carbocycles. The summed E-state index contributed by atoms with van der Waals surface area (Å²) in [5.74, 6) is 0.702. The Bertz CT molecular complexity index is 898. The molecule has 4 aromatic rings. The van der Waals surface area contributed by atoms with Gasteiger partial charge < -0.3 is 0 Å². The molecule has 0 bridgehead atoms. The van der Waals surface area contributed by atoms with Crippen LogP contribution in [0.5, 0.6) is 0 Å². The molecule has 3 heterocycles. The van der Waals surface area contributed by atoms with Crippen molar-refractivity contribution in [2.24, 2.45) is 0 Å². The number of halogens is 1. The molecule has 5 nitrogen and oxygen atoms in total. The number of pyridine rings is 1. The second-order valence-corrected chi connectivity index (χ2v) is 5.77. The maximum atomic E-state index is 5.91. The van der Waals surface area contributed by atoms with Crippen LogP contribution in [0.1, 0.15) is 0 Å². The van der Waals surface area contributed by atoms with E-state index in [2.05, 4.69) is 20.3 Å². The van der Waals surface area contributed by atoms with Crippen LogP contribution in [0, 0.1) is 0 Å². The molecule has 0 radical (unpaired) electrons. The molecule has 1 aromatic carbocycles. The maximum Gasteiger partial charge on any atom is 0.235 e. The molecule has 0 aliphatic rings. The third-order valence-corrected chi connectivity index (χ3v) is 4.20. The van der Waals surface area contributed by atoms with E-state index in [-0.39, 0.29) is 0 Å². The van der Waals surface area contributed by atoms with Gasteiger partial charge in [-0.2, -0.15) is 9.61 Å². The Balaban J connectivity index is 1.85. The number of rotatable bonds is 2. The van der Waals surface area contributed by atoms with Gasteiger partial charge in [0.15, 0.2) is 5.82 Å². The number of nitrogens with zero attached hydrogens (tertiary/aromatic N) is 5. The lowest BCUT2D eigenvalue weighted by Crippen LogP contribution is -1.90. The lowest BCUT2D eigenvalue weighted by Gasteiger charge is -1.97. The molecule has 0 amide bonds. The highest BCUT2D eigenvalue weighted by molar-refractivity contribution is 7.19. The van der Waals surface area contributed by atoms with Gasteiger partial charge in [0.05, 0.1) is 0 Å². The highest BCUT2D eigenvalue weighted by atomic mass is 35.5. The fourth-order valence-electron chi connectivity index (χ4n) is 2.00. The van der Waals surface area contributed by atoms with Gasteiger partial charge in [-0.25, -0.2) is 0 Å². The van der Waals surface area contributed by atoms with Crippen molar-refractivity contribution in [3.8, 4) is 22.0 Å². The van der Waals surface area contributed by atoms with Crippen LogP contribution in [-0.2, 0) is 0 Å². The third kappa shape index (κ3) is 2.18. The molecule has 7 heteroatoms. The number of hydrogen-bond acceptors (Lipinski definition) is 5. The summed E-state index contributed by atoms with van der Waals surface area (Å²) in [5, 5.41) is 14.5. The quantitative estimate of drug-likeness (QED) is 0.567. The lowest BCUT2D eigenvalue weighted by atomic mass is 10.2. The first-order valence-electron chi connectivity index (χ1n) is 6.20. The Morgan fingerprint density at radius 1 is 1.00 bits per heavy atom. The standard InChI is InChI=1S/C14H8ClN5S/c15-11-5-3-9(4-6-11)12-17-18-14-20(12)19-13(21-14)10-2-1-7-16-8-10/h1-8H. The van der Waals surface area contributed by atoms with E-state index in [1.54, 1.807) is 16.9 Å². The zero-order valence-corrected chi connectivity index (χ0v) is 12.2. The SMILES string of the molecule is Clc1ccc(-c2nnc3sc(-c4cccnc4)nn23)cc1. The second kappa shape index (κ2) is 4.91. The average molecular weight is 314 g/mol. The van der Waals surface area contributed by atoms with E-state index in [0.29, 0.717) is 10.8 Å². The zero-order valence-electron chi connectivity index (χ0n) is 10.6. The minimum absolute atomic E-state index is 0.689. The van der Waals surface area contributed by atoms with Crippen molar-refractivity contribution in [2.45, 2.75) is 0 Å². The van der Waals surface area contributed by atoms with E-state index in [1.165, 1.54) is 11.3 Å². The minimum Gasteiger partial charge on any atom is -0.264 e. The van der Waals surface area contributed by atoms with Crippen LogP contribution >= 0.6 is 22.9 Å². The van der Waals surface area contributed by atoms with Gasteiger partial charge in [-0.05, 0) is 36.4 Å². The van der Waals surface area contributed by atoms with Crippen molar-refractivity contribution in [2.75, 3.05) is 0 Å². The van der Waals surface area contributed by atoms with E-state index in [0.717, 1.165) is 21.1 Å². The summed E-state index contributed by atoms with van der Waals surface area (Å²) in [6.07, 6.45) is 3.52. The van der Waals surface area contributed by atoms with Gasteiger partial charge in [-0.1, -0.05) is 22.9 Å². The first kappa shape index (κ1) is 12.4. The largest absolute Gasteiger partial charge is 0.264 e. The third-order valence-electron chi connectivity index (χ3n) is 3.00. The summed E-state index contributed by atoms with van der Waals surface area (Å²) < 4.78 is 1.75. The van der Waals surface area contributed by atoms with Gasteiger partial charge in [0.1, 0.15) is 5.01 Å². The van der Waals surface area contributed by atoms with Gasteiger partial charge in [0, 0.05) is 28.5 Å². The van der Waals surface area contributed by atoms with Crippen LogP contribution in [0.25, 0.3) is 26.9 Å². The molecule has 0 atom stereocenters. The summed E-state index contributed by atoms with van der Waals surface area (Å²) in [6.45, 7) is 0. The topological polar surface area (TPSA) is 56.0 Å². The first-order chi connectivity index (χ1) is 10.3. The van der Waals surface area contributed by atoms with Crippen LogP contribution in [0.4, 0.5) is 0 Å². The molecule has 0 unspecified atom stereocenters. The van der Waals surface area contributed by atoms with Crippen LogP contribution in [-0.4, -0.2) is 24.8 Å². The summed E-state index contributed by atoms with van der Waals surface area (Å²) in [6, 6.07) is 11.3. The molecule has 21 heavy (non-hydrogen) atoms. The summed E-state index contributed by atoms with van der Waals surface area (Å²) in [4.78, 5) is 4.86. The summed E-state index contributed by atoms with van der Waals surface area (Å²) in [5.41, 5.74) is 1.89. The molecule has 0 saturated heterocycles. The van der Waals surface area contributed by atoms with Gasteiger partial charge in [0.25, 0.3) is 0 Å². The van der Waals surface area contributed by atoms with Crippen LogP contribution in [0.15, 0.2) is 48.8 Å². The fraction of sp³-hybridized carbons (Fsp3) is 0. The number of fused-ring (bicyclic) bond motifs is 1. The molecule has 0 N–H and O–H groups in total. The average Bonchev–Trinajstić information content (AvgIpc) is 3.09. The highest BCUT2D eigenvalue weighted by Crippen LogP contribution is 2.27. The fourth-order valence-corrected chi connectivity index (χ4v) is 2.96. The molecule has 0 saturated carbocycles. The van der Waals surface area contributed by atoms with Crippen molar-refractivity contribution >= 4 is 27.9 Å². The lowest BCUT2D eigenvalue weighted by molar-refractivity contribution is 0.970. The van der Waals surface area contributed by atoms with Gasteiger partial charge in [0.2, 0.25) is 4.96 Å². The van der Waals surface area contributed by atoms with Crippen molar-refractivity contribution in [3.63, 3.8) is 0 Å².